The molecule has 2 aromatic heterocycles. The quantitative estimate of drug-likeness (QED) is 0.244. The van der Waals surface area contributed by atoms with Crippen molar-refractivity contribution in [1.29, 1.82) is 0 Å². The number of aromatic hydroxyl groups is 1. The van der Waals surface area contributed by atoms with Gasteiger partial charge in [0, 0.05) is 30.6 Å². The number of carbonyl (C=O) groups excluding carboxylic acids is 1. The third-order valence-electron chi connectivity index (χ3n) is 6.77. The Kier molecular flexibility index (Phi) is 7.51. The first-order valence-electron chi connectivity index (χ1n) is 12.5. The van der Waals surface area contributed by atoms with Gasteiger partial charge in [-0.1, -0.05) is 62.1 Å². The van der Waals surface area contributed by atoms with Crippen LogP contribution in [0.1, 0.15) is 49.7 Å². The predicted molar refractivity (Wildman–Crippen MR) is 145 cm³/mol. The average Bonchev–Trinajstić information content (AvgIpc) is 3.08. The predicted octanol–water partition coefficient (Wildman–Crippen LogP) is 6.06. The molecule has 1 aliphatic rings. The summed E-state index contributed by atoms with van der Waals surface area (Å²) in [5.74, 6) is 1.27. The number of hydrogen-bond donors (Lipinski definition) is 3. The fourth-order valence-electron chi connectivity index (χ4n) is 4.81. The van der Waals surface area contributed by atoms with Crippen LogP contribution in [-0.4, -0.2) is 25.6 Å². The lowest BCUT2D eigenvalue weighted by molar-refractivity contribution is -0.125. The number of amides is 1. The lowest BCUT2D eigenvalue weighted by Crippen LogP contribution is -2.30. The van der Waals surface area contributed by atoms with Crippen LogP contribution in [0.25, 0.3) is 16.9 Å². The van der Waals surface area contributed by atoms with E-state index in [1.807, 2.05) is 30.3 Å². The molecule has 1 fully saturated rings. The van der Waals surface area contributed by atoms with Crippen molar-refractivity contribution in [2.45, 2.75) is 51.6 Å². The Hall–Kier alpha value is -3.39. The molecular weight excluding hydrogens is 518 g/mol. The Morgan fingerprint density at radius 1 is 1.00 bits per heavy atom. The van der Waals surface area contributed by atoms with Crippen molar-refractivity contribution >= 4 is 33.3 Å². The van der Waals surface area contributed by atoms with Gasteiger partial charge in [-0.2, -0.15) is 9.61 Å². The number of para-hydroxylation sites is 1. The molecule has 0 saturated heterocycles. The molecule has 1 aliphatic carbocycles. The molecule has 5 rings (SSSR count). The highest BCUT2D eigenvalue weighted by molar-refractivity contribution is 9.10. The number of halogens is 1. The Bertz CT molecular complexity index is 1360. The maximum atomic E-state index is 12.7. The summed E-state index contributed by atoms with van der Waals surface area (Å²) in [5, 5.41) is 21.4. The normalized spacial score (nSPS) is 14.5. The molecule has 0 spiro atoms. The molecule has 7 nitrogen and oxygen atoms in total. The minimum atomic E-state index is 0.151. The number of phenolic OH excluding ortho intramolecular Hbond substituents is 1. The van der Waals surface area contributed by atoms with Gasteiger partial charge in [0.1, 0.15) is 11.6 Å². The average molecular weight is 548 g/mol. The van der Waals surface area contributed by atoms with Crippen LogP contribution in [0, 0.1) is 5.92 Å². The van der Waals surface area contributed by atoms with E-state index in [0.29, 0.717) is 30.0 Å². The molecule has 0 unspecified atom stereocenters. The number of nitrogens with zero attached hydrogens (tertiary/aromatic N) is 3. The second-order valence-electron chi connectivity index (χ2n) is 9.35. The van der Waals surface area contributed by atoms with E-state index >= 15 is 0 Å². The molecule has 0 radical (unpaired) electrons. The smallest absolute Gasteiger partial charge is 0.223 e. The summed E-state index contributed by atoms with van der Waals surface area (Å²) in [6.07, 6.45) is 8.50. The molecule has 1 amide bonds. The van der Waals surface area contributed by atoms with Crippen LogP contribution in [-0.2, 0) is 17.9 Å². The fourth-order valence-corrected chi connectivity index (χ4v) is 5.16. The van der Waals surface area contributed by atoms with Gasteiger partial charge in [-0.15, -0.1) is 0 Å². The zero-order valence-corrected chi connectivity index (χ0v) is 21.7. The number of benzene rings is 2. The lowest BCUT2D eigenvalue weighted by Gasteiger charge is -2.15. The van der Waals surface area contributed by atoms with E-state index in [1.54, 1.807) is 22.8 Å². The summed E-state index contributed by atoms with van der Waals surface area (Å²) in [6.45, 7) is 1.10. The topological polar surface area (TPSA) is 91.5 Å². The highest BCUT2D eigenvalue weighted by Gasteiger charge is 2.19. The molecule has 1 saturated carbocycles. The molecule has 0 atom stereocenters. The van der Waals surface area contributed by atoms with Crippen molar-refractivity contribution in [2.75, 3.05) is 5.32 Å². The van der Waals surface area contributed by atoms with Crippen LogP contribution in [0.2, 0.25) is 0 Å². The number of hydrogen-bond acceptors (Lipinski definition) is 5. The van der Waals surface area contributed by atoms with E-state index in [4.69, 9.17) is 4.98 Å². The summed E-state index contributed by atoms with van der Waals surface area (Å²) >= 11 is 3.52. The van der Waals surface area contributed by atoms with Crippen LogP contribution in [0.5, 0.6) is 5.75 Å². The highest BCUT2D eigenvalue weighted by atomic mass is 79.9. The van der Waals surface area contributed by atoms with Crippen LogP contribution in [0.3, 0.4) is 0 Å². The first-order valence-corrected chi connectivity index (χ1v) is 13.3. The molecule has 0 bridgehead atoms. The van der Waals surface area contributed by atoms with E-state index < -0.39 is 0 Å². The zero-order valence-electron chi connectivity index (χ0n) is 20.1. The molecule has 2 heterocycles. The number of anilines is 1. The largest absolute Gasteiger partial charge is 0.507 e. The molecule has 3 N–H and O–H groups in total. The number of aromatic nitrogens is 3. The Balaban J connectivity index is 1.30. The zero-order chi connectivity index (χ0) is 24.9. The summed E-state index contributed by atoms with van der Waals surface area (Å²) < 4.78 is 2.51. The first kappa shape index (κ1) is 24.3. The van der Waals surface area contributed by atoms with Crippen LogP contribution < -0.4 is 10.6 Å². The van der Waals surface area contributed by atoms with Gasteiger partial charge in [0.05, 0.1) is 16.4 Å². The molecule has 4 aromatic rings. The monoisotopic (exact) mass is 547 g/mol. The van der Waals surface area contributed by atoms with E-state index in [9.17, 15) is 9.90 Å². The minimum Gasteiger partial charge on any atom is -0.507 e. The number of fused-ring (bicyclic) bond motifs is 1. The molecular formula is C28H30BrN5O2. The maximum Gasteiger partial charge on any atom is 0.223 e. The van der Waals surface area contributed by atoms with Gasteiger partial charge in [0.2, 0.25) is 5.91 Å². The van der Waals surface area contributed by atoms with Gasteiger partial charge in [0.25, 0.3) is 0 Å². The Morgan fingerprint density at radius 3 is 2.53 bits per heavy atom. The maximum absolute atomic E-state index is 12.7. The molecule has 0 aliphatic heterocycles. The van der Waals surface area contributed by atoms with Crippen molar-refractivity contribution in [1.82, 2.24) is 19.9 Å². The summed E-state index contributed by atoms with van der Waals surface area (Å²) in [6, 6.07) is 17.3. The van der Waals surface area contributed by atoms with Crippen LogP contribution in [0.15, 0.2) is 65.3 Å². The fraction of sp³-hybridized carbons (Fsp3) is 0.321. The van der Waals surface area contributed by atoms with Crippen molar-refractivity contribution in [3.63, 3.8) is 0 Å². The second-order valence-corrected chi connectivity index (χ2v) is 10.2. The summed E-state index contributed by atoms with van der Waals surface area (Å²) in [4.78, 5) is 17.4. The Morgan fingerprint density at radius 2 is 1.75 bits per heavy atom. The van der Waals surface area contributed by atoms with Crippen molar-refractivity contribution in [3.05, 3.63) is 76.4 Å². The first-order chi connectivity index (χ1) is 17.6. The SMILES string of the molecule is O=C(NCc1cccc(CNc2cc(-c3ccccc3O)nc3c(Br)cnn23)c1)C1CCCCCC1. The number of nitrogens with one attached hydrogen (secondary N) is 2. The summed E-state index contributed by atoms with van der Waals surface area (Å²) in [7, 11) is 0. The molecule has 36 heavy (non-hydrogen) atoms. The van der Waals surface area contributed by atoms with Crippen molar-refractivity contribution in [2.24, 2.45) is 5.92 Å². The lowest BCUT2D eigenvalue weighted by atomic mass is 9.99. The molecule has 186 valence electrons. The van der Waals surface area contributed by atoms with Crippen molar-refractivity contribution in [3.8, 4) is 17.0 Å². The standard InChI is InChI=1S/C28H30BrN5O2/c29-23-18-32-34-26(15-24(33-27(23)34)22-12-5-6-13-25(22)35)30-16-19-8-7-9-20(14-19)17-31-28(36)21-10-3-1-2-4-11-21/h5-9,12-15,18,21,30,35H,1-4,10-11,16-17H2,(H,31,36). The number of carbonyl (C=O) groups is 1. The van der Waals surface area contributed by atoms with Crippen molar-refractivity contribution < 1.29 is 9.90 Å². The van der Waals surface area contributed by atoms with Gasteiger partial charge in [-0.25, -0.2) is 4.98 Å². The van der Waals surface area contributed by atoms with E-state index in [0.717, 1.165) is 47.1 Å². The van der Waals surface area contributed by atoms with E-state index in [2.05, 4.69) is 43.8 Å². The van der Waals surface area contributed by atoms with Gasteiger partial charge < -0.3 is 15.7 Å². The third-order valence-corrected chi connectivity index (χ3v) is 7.33. The highest BCUT2D eigenvalue weighted by Crippen LogP contribution is 2.31. The van der Waals surface area contributed by atoms with Crippen LogP contribution >= 0.6 is 15.9 Å². The van der Waals surface area contributed by atoms with Gasteiger partial charge in [-0.3, -0.25) is 4.79 Å². The Labute approximate surface area is 219 Å². The summed E-state index contributed by atoms with van der Waals surface area (Å²) in [5.41, 5.74) is 4.14. The molecule has 8 heteroatoms. The second kappa shape index (κ2) is 11.1. The van der Waals surface area contributed by atoms with Crippen LogP contribution in [0.4, 0.5) is 5.82 Å². The molecule has 2 aromatic carbocycles. The minimum absolute atomic E-state index is 0.151. The number of rotatable bonds is 7. The van der Waals surface area contributed by atoms with E-state index in [-0.39, 0.29) is 17.6 Å². The van der Waals surface area contributed by atoms with Gasteiger partial charge in [-0.05, 0) is 52.0 Å². The number of phenols is 1. The van der Waals surface area contributed by atoms with E-state index in [1.165, 1.54) is 12.8 Å². The van der Waals surface area contributed by atoms with Gasteiger partial charge in [0.15, 0.2) is 5.65 Å². The third kappa shape index (κ3) is 5.54. The van der Waals surface area contributed by atoms with Gasteiger partial charge >= 0.3 is 0 Å².